The summed E-state index contributed by atoms with van der Waals surface area (Å²) in [5, 5.41) is 0. The van der Waals surface area contributed by atoms with E-state index >= 15 is 0 Å². The van der Waals surface area contributed by atoms with E-state index in [2.05, 4.69) is 0 Å². The van der Waals surface area contributed by atoms with Crippen LogP contribution in [0, 0.1) is 6.92 Å². The molecule has 3 atom stereocenters. The van der Waals surface area contributed by atoms with Gasteiger partial charge in [-0.1, -0.05) is 29.8 Å². The number of rotatable bonds is 4. The lowest BCUT2D eigenvalue weighted by Gasteiger charge is -2.32. The monoisotopic (exact) mass is 355 g/mol. The first-order valence-electron chi connectivity index (χ1n) is 8.01. The maximum atomic E-state index is 12.5. The number of likely N-dealkylation sites (tertiary alicyclic amines) is 1. The molecule has 0 aromatic heterocycles. The second-order valence-electron chi connectivity index (χ2n) is 7.03. The van der Waals surface area contributed by atoms with Crippen molar-refractivity contribution in [2.45, 2.75) is 58.3 Å². The number of benzene rings is 1. The van der Waals surface area contributed by atoms with Crippen molar-refractivity contribution < 1.29 is 22.5 Å². The van der Waals surface area contributed by atoms with Crippen molar-refractivity contribution in [3.05, 3.63) is 35.4 Å². The predicted molar refractivity (Wildman–Crippen MR) is 91.7 cm³/mol. The van der Waals surface area contributed by atoms with E-state index in [9.17, 15) is 13.6 Å². The summed E-state index contributed by atoms with van der Waals surface area (Å²) in [6.45, 7) is 7.95. The Kier molecular flexibility index (Phi) is 6.01. The maximum absolute atomic E-state index is 12.5. The topological polar surface area (TPSA) is 76.1 Å². The third kappa shape index (κ3) is 5.03. The number of hydrogen-bond donors (Lipinski definition) is 1. The molecule has 1 aromatic carbocycles. The second-order valence-corrected chi connectivity index (χ2v) is 7.65. The Bertz CT molecular complexity index is 596. The van der Waals surface area contributed by atoms with Gasteiger partial charge in [0.1, 0.15) is 11.7 Å². The Morgan fingerprint density at radius 3 is 2.50 bits per heavy atom. The van der Waals surface area contributed by atoms with Crippen LogP contribution in [0.15, 0.2) is 24.3 Å². The van der Waals surface area contributed by atoms with Gasteiger partial charge in [-0.25, -0.2) is 4.79 Å². The van der Waals surface area contributed by atoms with Crippen LogP contribution in [0.5, 0.6) is 0 Å². The van der Waals surface area contributed by atoms with E-state index in [-0.39, 0.29) is 6.04 Å². The fraction of sp³-hybridized carbons (Fsp3) is 0.588. The minimum atomic E-state index is -2.42. The van der Waals surface area contributed by atoms with Crippen LogP contribution in [0.4, 0.5) is 4.79 Å². The van der Waals surface area contributed by atoms with E-state index in [4.69, 9.17) is 8.92 Å². The quantitative estimate of drug-likeness (QED) is 0.835. The smallest absolute Gasteiger partial charge is 0.410 e. The highest BCUT2D eigenvalue weighted by atomic mass is 32.2. The number of hydrogen-bond acceptors (Lipinski definition) is 4. The zero-order valence-corrected chi connectivity index (χ0v) is 15.3. The van der Waals surface area contributed by atoms with Gasteiger partial charge in [-0.3, -0.25) is 8.74 Å². The Hall–Kier alpha value is -1.44. The highest BCUT2D eigenvalue weighted by molar-refractivity contribution is 7.74. The number of amides is 1. The van der Waals surface area contributed by atoms with Crippen LogP contribution in [0.1, 0.15) is 50.8 Å². The molecular weight excluding hydrogens is 330 g/mol. The number of aryl methyl sites for hydroxylation is 1. The summed E-state index contributed by atoms with van der Waals surface area (Å²) in [6, 6.07) is 7.22. The molecule has 0 radical (unpaired) electrons. The van der Waals surface area contributed by atoms with Gasteiger partial charge in [0.05, 0.1) is 6.04 Å². The molecular formula is C17H25NO5S. The molecule has 1 saturated heterocycles. The average Bonchev–Trinajstić information content (AvgIpc) is 2.93. The molecule has 1 heterocycles. The van der Waals surface area contributed by atoms with Gasteiger partial charge in [-0.05, 0) is 46.1 Å². The van der Waals surface area contributed by atoms with E-state index in [0.717, 1.165) is 17.5 Å². The van der Waals surface area contributed by atoms with Gasteiger partial charge < -0.3 is 9.64 Å². The standard InChI is InChI=1S/C17H25NO5S/c1-12-7-9-13(10-8-12)15(23-24(20)21)14-6-5-11-18(14)16(19)22-17(2,3)4/h7-10,14-15H,5-6,11H2,1-4H3,(H,20,21)/t14-,15?/m0/s1. The molecule has 6 nitrogen and oxygen atoms in total. The number of carbonyl (C=O) groups is 1. The lowest BCUT2D eigenvalue weighted by molar-refractivity contribution is 0.00930. The van der Waals surface area contributed by atoms with Gasteiger partial charge in [0, 0.05) is 6.54 Å². The third-order valence-corrected chi connectivity index (χ3v) is 4.24. The first-order chi connectivity index (χ1) is 11.2. The predicted octanol–water partition coefficient (Wildman–Crippen LogP) is 3.59. The van der Waals surface area contributed by atoms with Crippen LogP contribution in [0.3, 0.4) is 0 Å². The van der Waals surface area contributed by atoms with Crippen molar-refractivity contribution in [3.63, 3.8) is 0 Å². The summed E-state index contributed by atoms with van der Waals surface area (Å²) in [6.07, 6.45) is 0.392. The minimum Gasteiger partial charge on any atom is -0.444 e. The fourth-order valence-electron chi connectivity index (χ4n) is 2.84. The zero-order valence-electron chi connectivity index (χ0n) is 14.5. The largest absolute Gasteiger partial charge is 0.444 e. The van der Waals surface area contributed by atoms with Crippen molar-refractivity contribution >= 4 is 17.5 Å². The highest BCUT2D eigenvalue weighted by Crippen LogP contribution is 2.34. The molecule has 134 valence electrons. The average molecular weight is 355 g/mol. The van der Waals surface area contributed by atoms with Crippen LogP contribution < -0.4 is 0 Å². The van der Waals surface area contributed by atoms with Crippen molar-refractivity contribution in [1.29, 1.82) is 0 Å². The Labute approximate surface area is 145 Å². The number of ether oxygens (including phenoxy) is 1. The summed E-state index contributed by atoms with van der Waals surface area (Å²) >= 11 is -2.42. The molecule has 0 bridgehead atoms. The lowest BCUT2D eigenvalue weighted by Crippen LogP contribution is -2.43. The van der Waals surface area contributed by atoms with E-state index < -0.39 is 29.2 Å². The summed E-state index contributed by atoms with van der Waals surface area (Å²) in [4.78, 5) is 14.1. The normalized spacial score (nSPS) is 20.7. The molecule has 2 unspecified atom stereocenters. The van der Waals surface area contributed by atoms with E-state index in [1.54, 1.807) is 4.90 Å². The molecule has 1 fully saturated rings. The van der Waals surface area contributed by atoms with Crippen LogP contribution >= 0.6 is 0 Å². The molecule has 1 N–H and O–H groups in total. The molecule has 0 spiro atoms. The number of nitrogens with zero attached hydrogens (tertiary/aromatic N) is 1. The Balaban J connectivity index is 2.25. The molecule has 1 aliphatic rings. The van der Waals surface area contributed by atoms with Crippen molar-refractivity contribution in [1.82, 2.24) is 4.90 Å². The SMILES string of the molecule is Cc1ccc(C(OS(=O)O)[C@@H]2CCCN2C(=O)OC(C)(C)C)cc1. The van der Waals surface area contributed by atoms with Gasteiger partial charge >= 0.3 is 17.5 Å². The third-order valence-electron chi connectivity index (χ3n) is 3.87. The molecule has 1 aliphatic heterocycles. The van der Waals surface area contributed by atoms with Gasteiger partial charge in [0.15, 0.2) is 0 Å². The Morgan fingerprint density at radius 1 is 1.33 bits per heavy atom. The number of carbonyl (C=O) groups excluding carboxylic acids is 1. The van der Waals surface area contributed by atoms with Crippen molar-refractivity contribution in [3.8, 4) is 0 Å². The summed E-state index contributed by atoms with van der Waals surface area (Å²) in [7, 11) is 0. The Morgan fingerprint density at radius 2 is 1.96 bits per heavy atom. The van der Waals surface area contributed by atoms with Gasteiger partial charge in [-0.15, -0.1) is 0 Å². The summed E-state index contributed by atoms with van der Waals surface area (Å²) < 4.78 is 31.2. The maximum Gasteiger partial charge on any atom is 0.410 e. The summed E-state index contributed by atoms with van der Waals surface area (Å²) in [5.74, 6) is 0. The van der Waals surface area contributed by atoms with Gasteiger partial charge in [-0.2, -0.15) is 4.21 Å². The fourth-order valence-corrected chi connectivity index (χ4v) is 3.26. The molecule has 1 aromatic rings. The van der Waals surface area contributed by atoms with E-state index in [0.29, 0.717) is 13.0 Å². The van der Waals surface area contributed by atoms with Crippen LogP contribution in [-0.4, -0.2) is 37.9 Å². The highest BCUT2D eigenvalue weighted by Gasteiger charge is 2.39. The molecule has 7 heteroatoms. The van der Waals surface area contributed by atoms with E-state index in [1.165, 1.54) is 0 Å². The zero-order chi connectivity index (χ0) is 17.9. The molecule has 24 heavy (non-hydrogen) atoms. The van der Waals surface area contributed by atoms with Crippen molar-refractivity contribution in [2.24, 2.45) is 0 Å². The summed E-state index contributed by atoms with van der Waals surface area (Å²) in [5.41, 5.74) is 1.26. The molecule has 0 aliphatic carbocycles. The van der Waals surface area contributed by atoms with Gasteiger partial charge in [0.25, 0.3) is 0 Å². The second kappa shape index (κ2) is 7.63. The lowest BCUT2D eigenvalue weighted by atomic mass is 9.99. The minimum absolute atomic E-state index is 0.335. The first-order valence-corrected chi connectivity index (χ1v) is 9.05. The van der Waals surface area contributed by atoms with E-state index in [1.807, 2.05) is 52.0 Å². The van der Waals surface area contributed by atoms with Crippen LogP contribution in [0.2, 0.25) is 0 Å². The van der Waals surface area contributed by atoms with Gasteiger partial charge in [0.2, 0.25) is 0 Å². The van der Waals surface area contributed by atoms with Crippen molar-refractivity contribution in [2.75, 3.05) is 6.54 Å². The molecule has 0 saturated carbocycles. The van der Waals surface area contributed by atoms with Crippen LogP contribution in [-0.2, 0) is 20.3 Å². The van der Waals surface area contributed by atoms with Crippen LogP contribution in [0.25, 0.3) is 0 Å². The molecule has 1 amide bonds. The first kappa shape index (κ1) is 18.9. The molecule has 2 rings (SSSR count).